The molecule has 2 fully saturated rings. The summed E-state index contributed by atoms with van der Waals surface area (Å²) >= 11 is 0. The summed E-state index contributed by atoms with van der Waals surface area (Å²) in [6.45, 7) is 2.67. The minimum absolute atomic E-state index is 0.0172. The van der Waals surface area contributed by atoms with E-state index < -0.39 is 0 Å². The van der Waals surface area contributed by atoms with Gasteiger partial charge < -0.3 is 9.84 Å². The molecule has 8 heteroatoms. The average molecular weight is 346 g/mol. The number of aliphatic hydroxyl groups is 1. The van der Waals surface area contributed by atoms with Crippen LogP contribution in [0.15, 0.2) is 12.4 Å². The monoisotopic (exact) mass is 346 g/mol. The molecule has 8 nitrogen and oxygen atoms in total. The molecule has 0 aliphatic heterocycles. The van der Waals surface area contributed by atoms with Crippen LogP contribution in [0.4, 0.5) is 0 Å². The Hall–Kier alpha value is -1.80. The fourth-order valence-electron chi connectivity index (χ4n) is 4.29. The molecule has 0 amide bonds. The van der Waals surface area contributed by atoms with E-state index in [1.165, 1.54) is 6.42 Å². The molecule has 2 heterocycles. The van der Waals surface area contributed by atoms with E-state index in [0.29, 0.717) is 12.5 Å². The van der Waals surface area contributed by atoms with Crippen LogP contribution < -0.4 is 0 Å². The summed E-state index contributed by atoms with van der Waals surface area (Å²) in [5.74, 6) is 0.295. The highest BCUT2D eigenvalue weighted by atomic mass is 16.5. The van der Waals surface area contributed by atoms with Gasteiger partial charge in [0.15, 0.2) is 0 Å². The maximum atomic E-state index is 10.1. The molecule has 2 unspecified atom stereocenters. The van der Waals surface area contributed by atoms with Gasteiger partial charge in [-0.2, -0.15) is 0 Å². The number of ether oxygens (including phenoxy) is 1. The van der Waals surface area contributed by atoms with Crippen LogP contribution in [0.2, 0.25) is 0 Å². The zero-order valence-corrected chi connectivity index (χ0v) is 14.9. The molecule has 2 atom stereocenters. The summed E-state index contributed by atoms with van der Waals surface area (Å²) in [7, 11) is 1.74. The van der Waals surface area contributed by atoms with Crippen LogP contribution in [0.1, 0.15) is 43.5 Å². The number of hydrogen-bond acceptors (Lipinski definition) is 6. The van der Waals surface area contributed by atoms with Gasteiger partial charge in [0, 0.05) is 19.5 Å². The molecule has 0 aromatic carbocycles. The van der Waals surface area contributed by atoms with Crippen LogP contribution in [-0.4, -0.2) is 55.4 Å². The lowest BCUT2D eigenvalue weighted by molar-refractivity contribution is -0.0253. The van der Waals surface area contributed by atoms with E-state index in [4.69, 9.17) is 4.74 Å². The van der Waals surface area contributed by atoms with Gasteiger partial charge in [0.2, 0.25) is 0 Å². The number of aliphatic hydroxyl groups excluding tert-OH is 1. The van der Waals surface area contributed by atoms with Crippen molar-refractivity contribution in [1.82, 2.24) is 30.0 Å². The van der Waals surface area contributed by atoms with Crippen molar-refractivity contribution in [3.05, 3.63) is 23.8 Å². The van der Waals surface area contributed by atoms with E-state index in [9.17, 15) is 5.11 Å². The van der Waals surface area contributed by atoms with Gasteiger partial charge in [-0.15, -0.1) is 10.2 Å². The van der Waals surface area contributed by atoms with E-state index in [-0.39, 0.29) is 17.7 Å². The summed E-state index contributed by atoms with van der Waals surface area (Å²) in [5, 5.41) is 27.1. The zero-order chi connectivity index (χ0) is 17.5. The molecule has 0 bridgehead atoms. The van der Waals surface area contributed by atoms with Crippen molar-refractivity contribution in [3.8, 4) is 0 Å². The van der Waals surface area contributed by atoms with Crippen molar-refractivity contribution in [2.45, 2.75) is 56.5 Å². The number of rotatable bonds is 7. The van der Waals surface area contributed by atoms with E-state index in [2.05, 4.69) is 26.8 Å². The first-order valence-electron chi connectivity index (χ1n) is 9.03. The normalized spacial score (nSPS) is 27.7. The quantitative estimate of drug-likeness (QED) is 0.806. The van der Waals surface area contributed by atoms with Crippen LogP contribution >= 0.6 is 0 Å². The smallest absolute Gasteiger partial charge is 0.0906 e. The van der Waals surface area contributed by atoms with Gasteiger partial charge in [-0.25, -0.2) is 9.36 Å². The molecular weight excluding hydrogens is 320 g/mol. The molecule has 2 aromatic heterocycles. The van der Waals surface area contributed by atoms with Gasteiger partial charge in [-0.05, 0) is 51.4 Å². The highest BCUT2D eigenvalue weighted by molar-refractivity contribution is 5.09. The predicted octanol–water partition coefficient (Wildman–Crippen LogP) is 1.04. The summed E-state index contributed by atoms with van der Waals surface area (Å²) in [4.78, 5) is 0. The number of aromatic nitrogens is 6. The topological polar surface area (TPSA) is 90.9 Å². The van der Waals surface area contributed by atoms with E-state index in [1.807, 2.05) is 22.5 Å². The third-order valence-electron chi connectivity index (χ3n) is 6.20. The van der Waals surface area contributed by atoms with Gasteiger partial charge in [-0.3, -0.25) is 0 Å². The van der Waals surface area contributed by atoms with Crippen molar-refractivity contribution in [2.75, 3.05) is 20.3 Å². The number of hydrogen-bond donors (Lipinski definition) is 1. The second-order valence-electron chi connectivity index (χ2n) is 7.67. The highest BCUT2D eigenvalue weighted by Crippen LogP contribution is 2.46. The Labute approximate surface area is 147 Å². The van der Waals surface area contributed by atoms with Gasteiger partial charge >= 0.3 is 0 Å². The maximum Gasteiger partial charge on any atom is 0.0906 e. The third-order valence-corrected chi connectivity index (χ3v) is 6.20. The van der Waals surface area contributed by atoms with Gasteiger partial charge in [-0.1, -0.05) is 10.4 Å². The lowest BCUT2D eigenvalue weighted by atomic mass is 9.65. The molecule has 25 heavy (non-hydrogen) atoms. The maximum absolute atomic E-state index is 10.1. The molecular formula is C17H26N6O2. The minimum Gasteiger partial charge on any atom is -0.394 e. The summed E-state index contributed by atoms with van der Waals surface area (Å²) < 4.78 is 9.24. The largest absolute Gasteiger partial charge is 0.394 e. The SMILES string of the molecule is COCC1(n2cc(CC3CCC3(CO)n3cc(C)nn3)nn2)CCC1. The Bertz CT molecular complexity index is 733. The second-order valence-corrected chi connectivity index (χ2v) is 7.67. The molecule has 2 aromatic rings. The number of aryl methyl sites for hydroxylation is 1. The number of nitrogens with zero attached hydrogens (tertiary/aromatic N) is 6. The van der Waals surface area contributed by atoms with Crippen molar-refractivity contribution in [2.24, 2.45) is 5.92 Å². The van der Waals surface area contributed by atoms with Crippen molar-refractivity contribution < 1.29 is 9.84 Å². The van der Waals surface area contributed by atoms with Crippen molar-refractivity contribution in [1.29, 1.82) is 0 Å². The average Bonchev–Trinajstić information content (AvgIpc) is 3.18. The Balaban J connectivity index is 1.51. The Morgan fingerprint density at radius 1 is 1.20 bits per heavy atom. The van der Waals surface area contributed by atoms with Gasteiger partial charge in [0.25, 0.3) is 0 Å². The molecule has 0 saturated heterocycles. The van der Waals surface area contributed by atoms with E-state index in [0.717, 1.165) is 43.5 Å². The van der Waals surface area contributed by atoms with Gasteiger partial charge in [0.1, 0.15) is 0 Å². The fourth-order valence-corrected chi connectivity index (χ4v) is 4.29. The van der Waals surface area contributed by atoms with Gasteiger partial charge in [0.05, 0.1) is 35.7 Å². The molecule has 136 valence electrons. The molecule has 1 N–H and O–H groups in total. The predicted molar refractivity (Wildman–Crippen MR) is 90.0 cm³/mol. The van der Waals surface area contributed by atoms with Crippen molar-refractivity contribution in [3.63, 3.8) is 0 Å². The standard InChI is InChI=1S/C17H26N6O2/c1-13-9-23(20-18-13)17(11-24)7-4-14(17)8-15-10-22(21-19-15)16(12-25-2)5-3-6-16/h9-10,14,24H,3-8,11-12H2,1-2H3. The van der Waals surface area contributed by atoms with E-state index in [1.54, 1.807) is 7.11 Å². The number of methoxy groups -OCH3 is 1. The summed E-state index contributed by atoms with van der Waals surface area (Å²) in [6.07, 6.45) is 10.1. The summed E-state index contributed by atoms with van der Waals surface area (Å²) in [5.41, 5.74) is 1.47. The third kappa shape index (κ3) is 2.58. The Kier molecular flexibility index (Phi) is 4.11. The molecule has 0 spiro atoms. The zero-order valence-electron chi connectivity index (χ0n) is 14.9. The minimum atomic E-state index is -0.355. The lowest BCUT2D eigenvalue weighted by Crippen LogP contribution is -2.53. The Morgan fingerprint density at radius 2 is 2.00 bits per heavy atom. The van der Waals surface area contributed by atoms with Crippen LogP contribution in [-0.2, 0) is 22.2 Å². The molecule has 2 aliphatic carbocycles. The Morgan fingerprint density at radius 3 is 2.52 bits per heavy atom. The molecule has 2 saturated carbocycles. The van der Waals surface area contributed by atoms with Crippen LogP contribution in [0, 0.1) is 12.8 Å². The van der Waals surface area contributed by atoms with Crippen LogP contribution in [0.3, 0.4) is 0 Å². The second kappa shape index (κ2) is 6.17. The van der Waals surface area contributed by atoms with Crippen LogP contribution in [0.5, 0.6) is 0 Å². The summed E-state index contributed by atoms with van der Waals surface area (Å²) in [6, 6.07) is 0. The first-order chi connectivity index (χ1) is 12.1. The molecule has 0 radical (unpaired) electrons. The molecule has 2 aliphatic rings. The van der Waals surface area contributed by atoms with Crippen LogP contribution in [0.25, 0.3) is 0 Å². The first-order valence-corrected chi connectivity index (χ1v) is 9.03. The molecule has 4 rings (SSSR count). The van der Waals surface area contributed by atoms with E-state index >= 15 is 0 Å². The first kappa shape index (κ1) is 16.7. The highest BCUT2D eigenvalue weighted by Gasteiger charge is 2.49. The lowest BCUT2D eigenvalue weighted by Gasteiger charge is -2.48. The van der Waals surface area contributed by atoms with Crippen molar-refractivity contribution >= 4 is 0 Å². The fraction of sp³-hybridized carbons (Fsp3) is 0.765.